The molecule has 0 unspecified atom stereocenters. The van der Waals surface area contributed by atoms with Crippen LogP contribution in [0.25, 0.3) is 0 Å². The van der Waals surface area contributed by atoms with Gasteiger partial charge in [0.15, 0.2) is 5.78 Å². The molecule has 0 bridgehead atoms. The van der Waals surface area contributed by atoms with Crippen LogP contribution in [-0.2, 0) is 0 Å². The Morgan fingerprint density at radius 3 is 2.35 bits per heavy atom. The first-order valence-corrected chi connectivity index (χ1v) is 7.88. The lowest BCUT2D eigenvalue weighted by Crippen LogP contribution is -2.35. The maximum absolute atomic E-state index is 12.4. The van der Waals surface area contributed by atoms with E-state index in [1.807, 2.05) is 18.2 Å². The van der Waals surface area contributed by atoms with E-state index in [0.717, 1.165) is 5.56 Å². The van der Waals surface area contributed by atoms with Gasteiger partial charge in [-0.3, -0.25) is 9.69 Å². The Balaban J connectivity index is 1.97. The third-order valence-electron chi connectivity index (χ3n) is 4.67. The number of aryl methyl sites for hydroxylation is 2. The molecule has 0 radical (unpaired) electrons. The molecule has 1 saturated carbocycles. The molecule has 2 nitrogen and oxygen atoms in total. The van der Waals surface area contributed by atoms with Crippen LogP contribution in [-0.4, -0.2) is 30.3 Å². The van der Waals surface area contributed by atoms with Gasteiger partial charge < -0.3 is 0 Å². The van der Waals surface area contributed by atoms with Crippen molar-refractivity contribution in [2.75, 3.05) is 13.6 Å². The fourth-order valence-electron chi connectivity index (χ4n) is 3.06. The molecular weight excluding hydrogens is 246 g/mol. The molecule has 1 aliphatic rings. The summed E-state index contributed by atoms with van der Waals surface area (Å²) in [7, 11) is 2.11. The number of carbonyl (C=O) groups is 1. The van der Waals surface area contributed by atoms with Crippen molar-refractivity contribution >= 4 is 5.78 Å². The van der Waals surface area contributed by atoms with E-state index in [-0.39, 0.29) is 5.78 Å². The minimum atomic E-state index is 0.250. The lowest BCUT2D eigenvalue weighted by molar-refractivity contribution is 0.0912. The molecule has 0 aromatic heterocycles. The summed E-state index contributed by atoms with van der Waals surface area (Å²) in [6.45, 7) is 4.70. The highest BCUT2D eigenvalue weighted by atomic mass is 16.1. The third-order valence-corrected chi connectivity index (χ3v) is 4.67. The van der Waals surface area contributed by atoms with Crippen molar-refractivity contribution in [3.8, 4) is 0 Å². The Morgan fingerprint density at radius 1 is 1.10 bits per heavy atom. The van der Waals surface area contributed by atoms with Crippen LogP contribution in [0.4, 0.5) is 0 Å². The zero-order valence-corrected chi connectivity index (χ0v) is 13.1. The molecule has 2 heteroatoms. The second-order valence-corrected chi connectivity index (χ2v) is 6.28. The quantitative estimate of drug-likeness (QED) is 0.607. The Labute approximate surface area is 123 Å². The second kappa shape index (κ2) is 7.03. The van der Waals surface area contributed by atoms with E-state index in [1.54, 1.807) is 0 Å². The first-order valence-electron chi connectivity index (χ1n) is 7.88. The van der Waals surface area contributed by atoms with E-state index >= 15 is 0 Å². The Morgan fingerprint density at radius 2 is 1.75 bits per heavy atom. The molecule has 1 aromatic rings. The predicted molar refractivity (Wildman–Crippen MR) is 84.4 cm³/mol. The van der Waals surface area contributed by atoms with Crippen LogP contribution in [0.15, 0.2) is 18.2 Å². The topological polar surface area (TPSA) is 20.3 Å². The Hall–Kier alpha value is -1.15. The molecule has 1 fully saturated rings. The van der Waals surface area contributed by atoms with Crippen LogP contribution in [0.2, 0.25) is 0 Å². The van der Waals surface area contributed by atoms with Crippen molar-refractivity contribution in [2.45, 2.75) is 58.4 Å². The number of Topliss-reactive ketones (excluding diaryl/α,β-unsaturated/α-hetero) is 1. The van der Waals surface area contributed by atoms with Gasteiger partial charge in [0.05, 0.1) is 6.54 Å². The third kappa shape index (κ3) is 3.92. The molecule has 2 rings (SSSR count). The number of ketones is 1. The molecule has 0 N–H and O–H groups in total. The number of nitrogens with zero attached hydrogens (tertiary/aromatic N) is 1. The lowest BCUT2D eigenvalue weighted by atomic mass is 10.0. The minimum absolute atomic E-state index is 0.250. The summed E-state index contributed by atoms with van der Waals surface area (Å²) in [6.07, 6.45) is 7.83. The van der Waals surface area contributed by atoms with Crippen LogP contribution < -0.4 is 0 Å². The highest BCUT2D eigenvalue weighted by Crippen LogP contribution is 2.21. The van der Waals surface area contributed by atoms with E-state index in [2.05, 4.69) is 25.8 Å². The molecule has 1 aromatic carbocycles. The minimum Gasteiger partial charge on any atom is -0.296 e. The number of likely N-dealkylation sites (N-methyl/N-ethyl adjacent to an activating group) is 1. The van der Waals surface area contributed by atoms with Crippen molar-refractivity contribution in [1.29, 1.82) is 0 Å². The molecule has 0 amide bonds. The van der Waals surface area contributed by atoms with Crippen LogP contribution in [0, 0.1) is 13.8 Å². The highest BCUT2D eigenvalue weighted by molar-refractivity contribution is 5.97. The molecule has 20 heavy (non-hydrogen) atoms. The maximum Gasteiger partial charge on any atom is 0.176 e. The fourth-order valence-corrected chi connectivity index (χ4v) is 3.06. The van der Waals surface area contributed by atoms with Crippen LogP contribution in [0.3, 0.4) is 0 Å². The predicted octanol–water partition coefficient (Wildman–Crippen LogP) is 4.14. The number of hydrogen-bond donors (Lipinski definition) is 0. The van der Waals surface area contributed by atoms with Gasteiger partial charge in [-0.05, 0) is 50.9 Å². The Kier molecular flexibility index (Phi) is 5.36. The summed E-state index contributed by atoms with van der Waals surface area (Å²) in [4.78, 5) is 14.7. The van der Waals surface area contributed by atoms with Gasteiger partial charge >= 0.3 is 0 Å². The molecule has 110 valence electrons. The SMILES string of the molecule is Cc1ccc(C(=O)CN(C)C2CCCCCC2)cc1C. The number of carbonyl (C=O) groups excluding carboxylic acids is 1. The normalized spacial score (nSPS) is 17.2. The van der Waals surface area contributed by atoms with E-state index in [1.165, 1.54) is 49.7 Å². The molecule has 0 saturated heterocycles. The van der Waals surface area contributed by atoms with Gasteiger partial charge in [0.1, 0.15) is 0 Å². The van der Waals surface area contributed by atoms with Crippen molar-refractivity contribution < 1.29 is 4.79 Å². The van der Waals surface area contributed by atoms with Crippen molar-refractivity contribution in [1.82, 2.24) is 4.90 Å². The van der Waals surface area contributed by atoms with Crippen molar-refractivity contribution in [2.24, 2.45) is 0 Å². The monoisotopic (exact) mass is 273 g/mol. The van der Waals surface area contributed by atoms with Crippen molar-refractivity contribution in [3.05, 3.63) is 34.9 Å². The van der Waals surface area contributed by atoms with E-state index in [4.69, 9.17) is 0 Å². The zero-order valence-electron chi connectivity index (χ0n) is 13.1. The fraction of sp³-hybridized carbons (Fsp3) is 0.611. The highest BCUT2D eigenvalue weighted by Gasteiger charge is 2.19. The van der Waals surface area contributed by atoms with E-state index in [0.29, 0.717) is 12.6 Å². The first-order chi connectivity index (χ1) is 9.58. The average Bonchev–Trinajstić information content (AvgIpc) is 2.70. The summed E-state index contributed by atoms with van der Waals surface area (Å²) in [6, 6.07) is 6.63. The van der Waals surface area contributed by atoms with Crippen LogP contribution >= 0.6 is 0 Å². The summed E-state index contributed by atoms with van der Waals surface area (Å²) in [5.41, 5.74) is 3.31. The zero-order chi connectivity index (χ0) is 14.5. The van der Waals surface area contributed by atoms with Gasteiger partial charge in [-0.25, -0.2) is 0 Å². The molecule has 0 atom stereocenters. The Bertz CT molecular complexity index is 458. The van der Waals surface area contributed by atoms with E-state index in [9.17, 15) is 4.79 Å². The van der Waals surface area contributed by atoms with Crippen LogP contribution in [0.1, 0.15) is 60.0 Å². The summed E-state index contributed by atoms with van der Waals surface area (Å²) in [5, 5.41) is 0. The molecule has 0 aliphatic heterocycles. The summed E-state index contributed by atoms with van der Waals surface area (Å²) < 4.78 is 0. The van der Waals surface area contributed by atoms with Gasteiger partial charge in [-0.1, -0.05) is 37.8 Å². The van der Waals surface area contributed by atoms with Gasteiger partial charge in [0.2, 0.25) is 0 Å². The smallest absolute Gasteiger partial charge is 0.176 e. The van der Waals surface area contributed by atoms with Crippen LogP contribution in [0.5, 0.6) is 0 Å². The second-order valence-electron chi connectivity index (χ2n) is 6.28. The van der Waals surface area contributed by atoms with E-state index < -0.39 is 0 Å². The standard InChI is InChI=1S/C18H27NO/c1-14-10-11-16(12-15(14)2)18(20)13-19(3)17-8-6-4-5-7-9-17/h10-12,17H,4-9,13H2,1-3H3. The number of benzene rings is 1. The maximum atomic E-state index is 12.4. The largest absolute Gasteiger partial charge is 0.296 e. The molecule has 0 heterocycles. The molecule has 0 spiro atoms. The van der Waals surface area contributed by atoms with Gasteiger partial charge in [0.25, 0.3) is 0 Å². The van der Waals surface area contributed by atoms with Gasteiger partial charge in [0, 0.05) is 11.6 Å². The number of rotatable bonds is 4. The van der Waals surface area contributed by atoms with Gasteiger partial charge in [-0.15, -0.1) is 0 Å². The number of hydrogen-bond acceptors (Lipinski definition) is 2. The van der Waals surface area contributed by atoms with Crippen molar-refractivity contribution in [3.63, 3.8) is 0 Å². The molecule has 1 aliphatic carbocycles. The molecular formula is C18H27NO. The van der Waals surface area contributed by atoms with Gasteiger partial charge in [-0.2, -0.15) is 0 Å². The summed E-state index contributed by atoms with van der Waals surface area (Å²) in [5.74, 6) is 0.250. The summed E-state index contributed by atoms with van der Waals surface area (Å²) >= 11 is 0. The first kappa shape index (κ1) is 15.2. The lowest BCUT2D eigenvalue weighted by Gasteiger charge is -2.26. The average molecular weight is 273 g/mol.